The Labute approximate surface area is 143 Å². The molecule has 0 N–H and O–H groups in total. The van der Waals surface area contributed by atoms with E-state index in [0.717, 1.165) is 13.1 Å². The number of benzene rings is 1. The molecular weight excluding hydrogens is 328 g/mol. The molecule has 0 bridgehead atoms. The van der Waals surface area contributed by atoms with E-state index in [1.165, 1.54) is 35.6 Å². The zero-order valence-electron chi connectivity index (χ0n) is 12.9. The van der Waals surface area contributed by atoms with Crippen LogP contribution < -0.4 is 0 Å². The lowest BCUT2D eigenvalue weighted by Gasteiger charge is -2.16. The number of rotatable bonds is 3. The molecule has 2 aliphatic rings. The summed E-state index contributed by atoms with van der Waals surface area (Å²) in [6, 6.07) is 8.97. The Bertz CT molecular complexity index is 801. The molecule has 2 nitrogen and oxygen atoms in total. The van der Waals surface area contributed by atoms with E-state index in [4.69, 9.17) is 0 Å². The van der Waals surface area contributed by atoms with Gasteiger partial charge >= 0.3 is 0 Å². The first-order valence-electron chi connectivity index (χ1n) is 7.50. The molecule has 0 aliphatic carbocycles. The van der Waals surface area contributed by atoms with E-state index in [1.54, 1.807) is 0 Å². The van der Waals surface area contributed by atoms with Crippen LogP contribution >= 0.6 is 34.9 Å². The Kier molecular flexibility index (Phi) is 3.75. The highest BCUT2D eigenvalue weighted by Gasteiger charge is 2.34. The molecule has 0 saturated heterocycles. The van der Waals surface area contributed by atoms with Gasteiger partial charge in [0.15, 0.2) is 5.17 Å². The highest BCUT2D eigenvalue weighted by Crippen LogP contribution is 2.48. The standard InChI is InChI=1S/C17H18N2S3/c1-10(2)15-14(19-8-7-18-17(19)22-15)13-9-11-5-4-6-12(20-3)16(11)21-13/h4-6,9-10H,7-8H2,1-3H3. The lowest BCUT2D eigenvalue weighted by molar-refractivity contribution is 0.642. The number of allylic oxidation sites excluding steroid dienone is 1. The minimum absolute atomic E-state index is 0.540. The summed E-state index contributed by atoms with van der Waals surface area (Å²) in [4.78, 5) is 11.3. The van der Waals surface area contributed by atoms with Crippen LogP contribution in [0, 0.1) is 5.92 Å². The van der Waals surface area contributed by atoms with E-state index in [-0.39, 0.29) is 0 Å². The minimum Gasteiger partial charge on any atom is -0.317 e. The first-order valence-corrected chi connectivity index (χ1v) is 10.4. The molecule has 0 unspecified atom stereocenters. The zero-order valence-corrected chi connectivity index (χ0v) is 15.4. The van der Waals surface area contributed by atoms with Crippen molar-refractivity contribution in [3.63, 3.8) is 0 Å². The average Bonchev–Trinajstić information content (AvgIpc) is 3.18. The molecule has 4 rings (SSSR count). The highest BCUT2D eigenvalue weighted by molar-refractivity contribution is 8.17. The first kappa shape index (κ1) is 14.7. The van der Waals surface area contributed by atoms with Crippen LogP contribution in [0.15, 0.2) is 39.1 Å². The van der Waals surface area contributed by atoms with Crippen molar-refractivity contribution in [3.8, 4) is 0 Å². The third-order valence-electron chi connectivity index (χ3n) is 3.99. The summed E-state index contributed by atoms with van der Waals surface area (Å²) >= 11 is 5.63. The molecule has 2 aromatic rings. The zero-order chi connectivity index (χ0) is 15.3. The topological polar surface area (TPSA) is 15.6 Å². The van der Waals surface area contributed by atoms with E-state index in [9.17, 15) is 0 Å². The molecule has 22 heavy (non-hydrogen) atoms. The molecule has 0 atom stereocenters. The van der Waals surface area contributed by atoms with Gasteiger partial charge in [0.25, 0.3) is 0 Å². The van der Waals surface area contributed by atoms with Crippen LogP contribution in [0.5, 0.6) is 0 Å². The molecule has 2 aliphatic heterocycles. The quantitative estimate of drug-likeness (QED) is 0.695. The lowest BCUT2D eigenvalue weighted by atomic mass is 10.1. The third kappa shape index (κ3) is 2.22. The van der Waals surface area contributed by atoms with Crippen LogP contribution in [0.25, 0.3) is 15.8 Å². The fourth-order valence-electron chi connectivity index (χ4n) is 2.96. The van der Waals surface area contributed by atoms with E-state index >= 15 is 0 Å². The first-order chi connectivity index (χ1) is 10.7. The number of amidine groups is 1. The van der Waals surface area contributed by atoms with Gasteiger partial charge < -0.3 is 4.90 Å². The number of fused-ring (bicyclic) bond motifs is 2. The van der Waals surface area contributed by atoms with Crippen LogP contribution in [0.2, 0.25) is 0 Å². The van der Waals surface area contributed by atoms with E-state index in [1.807, 2.05) is 34.9 Å². The van der Waals surface area contributed by atoms with Gasteiger partial charge in [0.2, 0.25) is 0 Å². The van der Waals surface area contributed by atoms with Crippen molar-refractivity contribution < 1.29 is 0 Å². The smallest absolute Gasteiger partial charge is 0.168 e. The van der Waals surface area contributed by atoms with E-state index < -0.39 is 0 Å². The van der Waals surface area contributed by atoms with Crippen molar-refractivity contribution in [2.45, 2.75) is 18.7 Å². The van der Waals surface area contributed by atoms with Crippen molar-refractivity contribution in [1.82, 2.24) is 4.90 Å². The lowest BCUT2D eigenvalue weighted by Crippen LogP contribution is -2.19. The van der Waals surface area contributed by atoms with Gasteiger partial charge in [-0.2, -0.15) is 0 Å². The normalized spacial score (nSPS) is 17.8. The van der Waals surface area contributed by atoms with Crippen molar-refractivity contribution in [2.24, 2.45) is 10.9 Å². The van der Waals surface area contributed by atoms with Crippen molar-refractivity contribution in [2.75, 3.05) is 19.3 Å². The molecule has 114 valence electrons. The largest absolute Gasteiger partial charge is 0.317 e. The molecule has 5 heteroatoms. The molecular formula is C17H18N2S3. The van der Waals surface area contributed by atoms with Crippen molar-refractivity contribution in [1.29, 1.82) is 0 Å². The van der Waals surface area contributed by atoms with Gasteiger partial charge in [0, 0.05) is 21.0 Å². The van der Waals surface area contributed by atoms with Gasteiger partial charge in [-0.15, -0.1) is 23.1 Å². The van der Waals surface area contributed by atoms with E-state index in [2.05, 4.69) is 54.3 Å². The fraction of sp³-hybridized carbons (Fsp3) is 0.353. The molecule has 1 aromatic heterocycles. The van der Waals surface area contributed by atoms with Crippen LogP contribution in [-0.2, 0) is 0 Å². The Morgan fingerprint density at radius 2 is 2.18 bits per heavy atom. The Morgan fingerprint density at radius 3 is 2.95 bits per heavy atom. The van der Waals surface area contributed by atoms with Gasteiger partial charge in [-0.25, -0.2) is 0 Å². The maximum Gasteiger partial charge on any atom is 0.168 e. The van der Waals surface area contributed by atoms with Crippen molar-refractivity contribution in [3.05, 3.63) is 34.0 Å². The molecule has 0 radical (unpaired) electrons. The Balaban J connectivity index is 1.89. The second-order valence-electron chi connectivity index (χ2n) is 5.77. The predicted molar refractivity (Wildman–Crippen MR) is 102 cm³/mol. The molecule has 3 heterocycles. The minimum atomic E-state index is 0.540. The molecule has 0 amide bonds. The number of aliphatic imine (C=N–C) groups is 1. The summed E-state index contributed by atoms with van der Waals surface area (Å²) in [5.41, 5.74) is 1.41. The summed E-state index contributed by atoms with van der Waals surface area (Å²) in [6.45, 7) is 6.52. The van der Waals surface area contributed by atoms with Gasteiger partial charge in [0.05, 0.1) is 17.1 Å². The molecule has 0 fully saturated rings. The van der Waals surface area contributed by atoms with Gasteiger partial charge in [-0.3, -0.25) is 4.99 Å². The van der Waals surface area contributed by atoms with Crippen molar-refractivity contribution >= 4 is 55.8 Å². The fourth-order valence-corrected chi connectivity index (χ4v) is 6.25. The summed E-state index contributed by atoms with van der Waals surface area (Å²) in [5.74, 6) is 0.540. The molecule has 0 spiro atoms. The molecule has 1 aromatic carbocycles. The second kappa shape index (κ2) is 5.62. The van der Waals surface area contributed by atoms with Crippen LogP contribution in [0.3, 0.4) is 0 Å². The number of nitrogens with zero attached hydrogens (tertiary/aromatic N) is 2. The van der Waals surface area contributed by atoms with Gasteiger partial charge in [-0.1, -0.05) is 37.7 Å². The summed E-state index contributed by atoms with van der Waals surface area (Å²) in [7, 11) is 0. The Hall–Kier alpha value is -0.910. The SMILES string of the molecule is CSc1cccc2cc(C3=C(C(C)C)SC4=NCCN43)sc12. The monoisotopic (exact) mass is 346 g/mol. The summed E-state index contributed by atoms with van der Waals surface area (Å²) < 4.78 is 1.41. The molecule has 0 saturated carbocycles. The number of hydrogen-bond donors (Lipinski definition) is 0. The van der Waals surface area contributed by atoms with Crippen LogP contribution in [0.4, 0.5) is 0 Å². The highest BCUT2D eigenvalue weighted by atomic mass is 32.2. The maximum atomic E-state index is 4.66. The number of thiophene rings is 1. The van der Waals surface area contributed by atoms with Crippen LogP contribution in [0.1, 0.15) is 18.7 Å². The predicted octanol–water partition coefficient (Wildman–Crippen LogP) is 5.37. The average molecular weight is 347 g/mol. The summed E-state index contributed by atoms with van der Waals surface area (Å²) in [6.07, 6.45) is 2.16. The third-order valence-corrected chi connectivity index (χ3v) is 7.51. The summed E-state index contributed by atoms with van der Waals surface area (Å²) in [5, 5.41) is 2.55. The number of thioether (sulfide) groups is 2. The van der Waals surface area contributed by atoms with Gasteiger partial charge in [0.1, 0.15) is 0 Å². The maximum absolute atomic E-state index is 4.66. The van der Waals surface area contributed by atoms with Gasteiger partial charge in [-0.05, 0) is 29.7 Å². The number of hydrogen-bond acceptors (Lipinski definition) is 5. The Morgan fingerprint density at radius 1 is 1.32 bits per heavy atom. The van der Waals surface area contributed by atoms with E-state index in [0.29, 0.717) is 5.92 Å². The van der Waals surface area contributed by atoms with Crippen LogP contribution in [-0.4, -0.2) is 29.4 Å². The second-order valence-corrected chi connectivity index (χ2v) is 8.68.